The maximum Gasteiger partial charge on any atom is 0.251 e. The topological polar surface area (TPSA) is 102 Å². The van der Waals surface area contributed by atoms with E-state index in [1.165, 1.54) is 5.56 Å². The first-order chi connectivity index (χ1) is 19.7. The van der Waals surface area contributed by atoms with Crippen molar-refractivity contribution in [3.05, 3.63) is 69.1 Å². The number of methoxy groups -OCH3 is 1. The lowest BCUT2D eigenvalue weighted by Crippen LogP contribution is -2.30. The smallest absolute Gasteiger partial charge is 0.251 e. The molecule has 2 atom stereocenters. The molecule has 2 unspecified atom stereocenters. The van der Waals surface area contributed by atoms with Crippen molar-refractivity contribution in [2.45, 2.75) is 77.7 Å². The Morgan fingerprint density at radius 1 is 1.24 bits per heavy atom. The summed E-state index contributed by atoms with van der Waals surface area (Å²) in [4.78, 5) is 27.6. The van der Waals surface area contributed by atoms with Gasteiger partial charge in [0, 0.05) is 47.3 Å². The van der Waals surface area contributed by atoms with Crippen LogP contribution in [0.3, 0.4) is 0 Å². The van der Waals surface area contributed by atoms with Crippen LogP contribution in [0.2, 0.25) is 5.02 Å². The Kier molecular flexibility index (Phi) is 8.64. The van der Waals surface area contributed by atoms with Gasteiger partial charge in [-0.3, -0.25) is 19.8 Å². The number of aliphatic imine (C=N–C) groups is 1. The molecule has 1 amide bonds. The van der Waals surface area contributed by atoms with Gasteiger partial charge in [-0.25, -0.2) is 0 Å². The third-order valence-electron chi connectivity index (χ3n) is 8.48. The number of pyridine rings is 2. The number of anilines is 1. The van der Waals surface area contributed by atoms with Crippen LogP contribution in [0.1, 0.15) is 96.2 Å². The minimum atomic E-state index is -0.169. The highest BCUT2D eigenvalue weighted by Gasteiger charge is 2.35. The Labute approximate surface area is 248 Å². The second-order valence-electron chi connectivity index (χ2n) is 11.5. The number of halogens is 1. The van der Waals surface area contributed by atoms with E-state index in [9.17, 15) is 4.79 Å². The number of nitrogens with zero attached hydrogens (tertiary/aromatic N) is 3. The molecule has 0 saturated heterocycles. The Bertz CT molecular complexity index is 1480. The van der Waals surface area contributed by atoms with E-state index in [1.54, 1.807) is 31.7 Å². The maximum absolute atomic E-state index is 13.5. The number of ether oxygens (including phenoxy) is 1. The maximum atomic E-state index is 13.5. The van der Waals surface area contributed by atoms with E-state index in [4.69, 9.17) is 27.1 Å². The zero-order chi connectivity index (χ0) is 29.3. The van der Waals surface area contributed by atoms with Gasteiger partial charge in [0.05, 0.1) is 35.2 Å². The summed E-state index contributed by atoms with van der Waals surface area (Å²) in [6, 6.07) is 8.05. The van der Waals surface area contributed by atoms with E-state index in [0.717, 1.165) is 60.3 Å². The zero-order valence-electron chi connectivity index (χ0n) is 24.6. The largest absolute Gasteiger partial charge is 0.495 e. The molecule has 0 spiro atoms. The minimum Gasteiger partial charge on any atom is -0.495 e. The lowest BCUT2D eigenvalue weighted by molar-refractivity contribution is 0.0949. The molecular formula is C33H40ClN5O2. The Hall–Kier alpha value is -3.45. The molecule has 2 aliphatic rings. The van der Waals surface area contributed by atoms with Crippen molar-refractivity contribution in [2.75, 3.05) is 19.4 Å². The highest BCUT2D eigenvalue weighted by Crippen LogP contribution is 2.44. The Balaban J connectivity index is 1.46. The number of hydrogen-bond acceptors (Lipinski definition) is 6. The molecule has 2 fully saturated rings. The van der Waals surface area contributed by atoms with Gasteiger partial charge in [-0.2, -0.15) is 0 Å². The third kappa shape index (κ3) is 6.40. The van der Waals surface area contributed by atoms with Crippen LogP contribution in [0.5, 0.6) is 5.75 Å². The Morgan fingerprint density at radius 2 is 2.00 bits per heavy atom. The number of nitrogens with two attached hydrogens (primary N) is 1. The van der Waals surface area contributed by atoms with Crippen molar-refractivity contribution < 1.29 is 9.53 Å². The van der Waals surface area contributed by atoms with Gasteiger partial charge >= 0.3 is 0 Å². The zero-order valence-corrected chi connectivity index (χ0v) is 25.4. The molecule has 2 heterocycles. The normalized spacial score (nSPS) is 16.5. The van der Waals surface area contributed by atoms with Crippen molar-refractivity contribution in [2.24, 2.45) is 10.9 Å². The first-order valence-electron chi connectivity index (χ1n) is 14.6. The van der Waals surface area contributed by atoms with Crippen LogP contribution in [-0.4, -0.2) is 41.8 Å². The highest BCUT2D eigenvalue weighted by molar-refractivity contribution is 6.33. The van der Waals surface area contributed by atoms with Gasteiger partial charge in [0.25, 0.3) is 5.91 Å². The van der Waals surface area contributed by atoms with E-state index in [-0.39, 0.29) is 11.8 Å². The van der Waals surface area contributed by atoms with Gasteiger partial charge in [0.15, 0.2) is 0 Å². The lowest BCUT2D eigenvalue weighted by Gasteiger charge is -2.23. The number of rotatable bonds is 11. The van der Waals surface area contributed by atoms with Crippen LogP contribution in [0.15, 0.2) is 35.5 Å². The summed E-state index contributed by atoms with van der Waals surface area (Å²) in [7, 11) is 1.56. The Morgan fingerprint density at radius 3 is 2.66 bits per heavy atom. The molecule has 0 radical (unpaired) electrons. The molecule has 3 N–H and O–H groups in total. The van der Waals surface area contributed by atoms with Crippen molar-refractivity contribution in [1.82, 2.24) is 15.3 Å². The van der Waals surface area contributed by atoms with Gasteiger partial charge in [-0.05, 0) is 93.2 Å². The quantitative estimate of drug-likeness (QED) is 0.189. The van der Waals surface area contributed by atoms with Crippen molar-refractivity contribution >= 4 is 29.4 Å². The van der Waals surface area contributed by atoms with Gasteiger partial charge in [-0.15, -0.1) is 0 Å². The molecule has 3 aromatic rings. The number of amides is 1. The second-order valence-corrected chi connectivity index (χ2v) is 11.9. The van der Waals surface area contributed by atoms with E-state index in [2.05, 4.69) is 42.1 Å². The summed E-state index contributed by atoms with van der Waals surface area (Å²) in [6.07, 6.45) is 9.00. The number of hydrogen-bond donors (Lipinski definition) is 2. The second kappa shape index (κ2) is 12.2. The molecule has 0 bridgehead atoms. The number of aromatic nitrogens is 2. The number of carbonyl (C=O) groups excluding carboxylic acids is 1. The van der Waals surface area contributed by atoms with Gasteiger partial charge in [-0.1, -0.05) is 25.4 Å². The third-order valence-corrected chi connectivity index (χ3v) is 8.95. The molecule has 41 heavy (non-hydrogen) atoms. The minimum absolute atomic E-state index is 0.0920. The lowest BCUT2D eigenvalue weighted by atomic mass is 9.88. The average Bonchev–Trinajstić information content (AvgIpc) is 3.90. The fraction of sp³-hybridized carbons (Fsp3) is 0.455. The van der Waals surface area contributed by atoms with Gasteiger partial charge in [0.2, 0.25) is 0 Å². The summed E-state index contributed by atoms with van der Waals surface area (Å²) in [5.41, 5.74) is 14.0. The predicted octanol–water partition coefficient (Wildman–Crippen LogP) is 7.02. The SMILES string of the molecule is CCC(C)c1cc(C(CNC(=O)c2cc(C=NC3CC3)c(N)c(OC)c2)C2CC2)nc(-c2ccnc(C)c2Cl)c1C. The number of nitrogen functional groups attached to an aromatic ring is 1. The summed E-state index contributed by atoms with van der Waals surface area (Å²) >= 11 is 6.75. The molecule has 216 valence electrons. The fourth-order valence-corrected chi connectivity index (χ4v) is 5.55. The van der Waals surface area contributed by atoms with E-state index in [1.807, 2.05) is 13.0 Å². The molecular weight excluding hydrogens is 534 g/mol. The van der Waals surface area contributed by atoms with Crippen LogP contribution in [0, 0.1) is 19.8 Å². The van der Waals surface area contributed by atoms with Crippen LogP contribution in [0.25, 0.3) is 11.3 Å². The number of nitrogens with one attached hydrogen (secondary N) is 1. The van der Waals surface area contributed by atoms with Gasteiger partial charge < -0.3 is 15.8 Å². The molecule has 2 aromatic heterocycles. The van der Waals surface area contributed by atoms with E-state index >= 15 is 0 Å². The van der Waals surface area contributed by atoms with E-state index in [0.29, 0.717) is 52.0 Å². The van der Waals surface area contributed by atoms with Crippen LogP contribution in [-0.2, 0) is 0 Å². The van der Waals surface area contributed by atoms with Crippen molar-refractivity contribution in [3.8, 4) is 17.0 Å². The number of carbonyl (C=O) groups is 1. The van der Waals surface area contributed by atoms with Gasteiger partial charge in [0.1, 0.15) is 5.75 Å². The summed E-state index contributed by atoms with van der Waals surface area (Å²) in [5, 5.41) is 3.82. The molecule has 2 saturated carbocycles. The molecule has 8 heteroatoms. The predicted molar refractivity (Wildman–Crippen MR) is 166 cm³/mol. The highest BCUT2D eigenvalue weighted by atomic mass is 35.5. The molecule has 5 rings (SSSR count). The van der Waals surface area contributed by atoms with Crippen molar-refractivity contribution in [1.29, 1.82) is 0 Å². The standard InChI is InChI=1S/C33H40ClN5O2/c1-6-18(2)26-15-28(39-32(19(26)3)25-11-12-36-20(4)30(25)34)27(21-7-8-21)17-38-33(40)22-13-23(16-37-24-9-10-24)31(35)29(14-22)41-5/h11-16,18,21,24,27H,6-10,17,35H2,1-5H3,(H,38,40). The van der Waals surface area contributed by atoms with Crippen LogP contribution in [0.4, 0.5) is 5.69 Å². The van der Waals surface area contributed by atoms with E-state index < -0.39 is 0 Å². The molecule has 0 aliphatic heterocycles. The fourth-order valence-electron chi connectivity index (χ4n) is 5.35. The summed E-state index contributed by atoms with van der Waals surface area (Å²) in [5.74, 6) is 1.23. The summed E-state index contributed by atoms with van der Waals surface area (Å²) in [6.45, 7) is 8.99. The first kappa shape index (κ1) is 29.1. The number of aryl methyl sites for hydroxylation is 1. The summed E-state index contributed by atoms with van der Waals surface area (Å²) < 4.78 is 5.48. The first-order valence-corrected chi connectivity index (χ1v) is 15.0. The monoisotopic (exact) mass is 573 g/mol. The molecule has 2 aliphatic carbocycles. The van der Waals surface area contributed by atoms with Crippen LogP contribution < -0.4 is 15.8 Å². The average molecular weight is 574 g/mol. The molecule has 7 nitrogen and oxygen atoms in total. The number of benzene rings is 1. The molecule has 1 aromatic carbocycles. The van der Waals surface area contributed by atoms with Crippen LogP contribution >= 0.6 is 11.6 Å². The van der Waals surface area contributed by atoms with Crippen molar-refractivity contribution in [3.63, 3.8) is 0 Å².